The Morgan fingerprint density at radius 2 is 1.64 bits per heavy atom. The van der Waals surface area contributed by atoms with Gasteiger partial charge >= 0.3 is 6.18 Å². The summed E-state index contributed by atoms with van der Waals surface area (Å²) in [4.78, 5) is 0. The molecule has 0 aliphatic rings. The Hall–Kier alpha value is -1.82. The number of rotatable bonds is 3. The predicted octanol–water partition coefficient (Wildman–Crippen LogP) is 5.81. The van der Waals surface area contributed by atoms with E-state index in [9.17, 15) is 22.0 Å². The molecule has 0 N–H and O–H groups in total. The minimum Gasteiger partial charge on any atom is -0.451 e. The van der Waals surface area contributed by atoms with Crippen LogP contribution in [0.5, 0.6) is 11.5 Å². The van der Waals surface area contributed by atoms with Crippen molar-refractivity contribution in [1.82, 2.24) is 0 Å². The third-order valence-electron chi connectivity index (χ3n) is 2.81. The molecule has 0 atom stereocenters. The molecular formula is C15H9ClF5O. The van der Waals surface area contributed by atoms with E-state index in [-0.39, 0.29) is 12.2 Å². The Morgan fingerprint density at radius 3 is 2.14 bits per heavy atom. The summed E-state index contributed by atoms with van der Waals surface area (Å²) in [5.41, 5.74) is -0.851. The molecule has 2 rings (SSSR count). The van der Waals surface area contributed by atoms with Gasteiger partial charge in [-0.05, 0) is 49.2 Å². The SMILES string of the molecule is [CH2]Cc1cc(F)c(Oc2ccc(Cl)c(C(F)(F)F)c2)c(F)c1. The number of ether oxygens (including phenoxy) is 1. The first-order valence-corrected chi connectivity index (χ1v) is 6.42. The maximum atomic E-state index is 13.8. The van der Waals surface area contributed by atoms with Crippen LogP contribution in [0, 0.1) is 18.6 Å². The van der Waals surface area contributed by atoms with E-state index in [1.54, 1.807) is 0 Å². The van der Waals surface area contributed by atoms with Crippen LogP contribution >= 0.6 is 11.6 Å². The second-order valence-corrected chi connectivity index (χ2v) is 4.79. The smallest absolute Gasteiger partial charge is 0.417 e. The van der Waals surface area contributed by atoms with Crippen molar-refractivity contribution in [2.45, 2.75) is 12.6 Å². The van der Waals surface area contributed by atoms with Gasteiger partial charge < -0.3 is 4.74 Å². The Morgan fingerprint density at radius 1 is 1.05 bits per heavy atom. The zero-order valence-electron chi connectivity index (χ0n) is 11.0. The standard InChI is InChI=1S/C15H9ClF5O/c1-2-8-5-12(17)14(13(18)6-8)22-9-3-4-11(16)10(7-9)15(19,20)21/h3-7H,1-2H2. The summed E-state index contributed by atoms with van der Waals surface area (Å²) in [6, 6.07) is 4.63. The molecule has 117 valence electrons. The van der Waals surface area contributed by atoms with Gasteiger partial charge in [0.25, 0.3) is 0 Å². The maximum absolute atomic E-state index is 13.8. The molecule has 22 heavy (non-hydrogen) atoms. The number of hydrogen-bond acceptors (Lipinski definition) is 1. The van der Waals surface area contributed by atoms with Gasteiger partial charge in [-0.3, -0.25) is 0 Å². The van der Waals surface area contributed by atoms with Crippen LogP contribution in [0.3, 0.4) is 0 Å². The highest BCUT2D eigenvalue weighted by Gasteiger charge is 2.33. The molecule has 0 unspecified atom stereocenters. The average molecular weight is 336 g/mol. The average Bonchev–Trinajstić information content (AvgIpc) is 2.43. The van der Waals surface area contributed by atoms with Crippen molar-refractivity contribution in [2.24, 2.45) is 0 Å². The lowest BCUT2D eigenvalue weighted by Gasteiger charge is -2.13. The number of halogens is 6. The van der Waals surface area contributed by atoms with Gasteiger partial charge in [-0.15, -0.1) is 0 Å². The van der Waals surface area contributed by atoms with Gasteiger partial charge in [0.2, 0.25) is 0 Å². The van der Waals surface area contributed by atoms with Crippen molar-refractivity contribution in [3.8, 4) is 11.5 Å². The molecule has 0 aliphatic carbocycles. The van der Waals surface area contributed by atoms with E-state index in [0.29, 0.717) is 11.6 Å². The van der Waals surface area contributed by atoms with Crippen LogP contribution in [0.4, 0.5) is 22.0 Å². The van der Waals surface area contributed by atoms with Crippen LogP contribution < -0.4 is 4.74 Å². The quantitative estimate of drug-likeness (QED) is 0.643. The summed E-state index contributed by atoms with van der Waals surface area (Å²) < 4.78 is 70.6. The van der Waals surface area contributed by atoms with E-state index in [2.05, 4.69) is 6.92 Å². The first-order chi connectivity index (χ1) is 10.2. The van der Waals surface area contributed by atoms with E-state index in [0.717, 1.165) is 24.3 Å². The largest absolute Gasteiger partial charge is 0.451 e. The van der Waals surface area contributed by atoms with Crippen LogP contribution in [-0.2, 0) is 12.6 Å². The van der Waals surface area contributed by atoms with Gasteiger partial charge in [0.1, 0.15) is 5.75 Å². The summed E-state index contributed by atoms with van der Waals surface area (Å²) in [5, 5.41) is -0.534. The van der Waals surface area contributed by atoms with Crippen molar-refractivity contribution >= 4 is 11.6 Å². The molecule has 0 fully saturated rings. The zero-order chi connectivity index (χ0) is 16.5. The van der Waals surface area contributed by atoms with Crippen molar-refractivity contribution in [2.75, 3.05) is 0 Å². The molecule has 0 saturated heterocycles. The molecule has 1 nitrogen and oxygen atoms in total. The zero-order valence-corrected chi connectivity index (χ0v) is 11.7. The van der Waals surface area contributed by atoms with E-state index in [1.165, 1.54) is 0 Å². The van der Waals surface area contributed by atoms with Crippen LogP contribution in [0.15, 0.2) is 30.3 Å². The lowest BCUT2D eigenvalue weighted by atomic mass is 10.1. The molecule has 0 spiro atoms. The van der Waals surface area contributed by atoms with E-state index in [1.807, 2.05) is 0 Å². The van der Waals surface area contributed by atoms with Gasteiger partial charge in [0, 0.05) is 0 Å². The molecule has 2 aromatic rings. The molecule has 0 heterocycles. The number of hydrogen-bond donors (Lipinski definition) is 0. The number of alkyl halides is 3. The van der Waals surface area contributed by atoms with Crippen molar-refractivity contribution in [1.29, 1.82) is 0 Å². The lowest BCUT2D eigenvalue weighted by molar-refractivity contribution is -0.137. The Balaban J connectivity index is 2.40. The van der Waals surface area contributed by atoms with Gasteiger partial charge in [0.05, 0.1) is 10.6 Å². The third kappa shape index (κ3) is 3.50. The Kier molecular flexibility index (Phi) is 4.60. The molecule has 7 heteroatoms. The highest BCUT2D eigenvalue weighted by atomic mass is 35.5. The van der Waals surface area contributed by atoms with Gasteiger partial charge in [0.15, 0.2) is 17.4 Å². The molecular weight excluding hydrogens is 327 g/mol. The summed E-state index contributed by atoms with van der Waals surface area (Å²) in [6.07, 6.45) is -4.54. The van der Waals surface area contributed by atoms with Gasteiger partial charge in [-0.1, -0.05) is 11.6 Å². The molecule has 0 bridgehead atoms. The topological polar surface area (TPSA) is 9.23 Å². The molecule has 0 amide bonds. The van der Waals surface area contributed by atoms with Gasteiger partial charge in [-0.25, -0.2) is 8.78 Å². The molecule has 0 aromatic heterocycles. The van der Waals surface area contributed by atoms with E-state index < -0.39 is 34.1 Å². The van der Waals surface area contributed by atoms with Crippen molar-refractivity contribution in [3.05, 3.63) is 65.0 Å². The van der Waals surface area contributed by atoms with Crippen molar-refractivity contribution < 1.29 is 26.7 Å². The van der Waals surface area contributed by atoms with Crippen LogP contribution in [0.1, 0.15) is 11.1 Å². The fraction of sp³-hybridized carbons (Fsp3) is 0.133. The highest BCUT2D eigenvalue weighted by molar-refractivity contribution is 6.31. The van der Waals surface area contributed by atoms with E-state index >= 15 is 0 Å². The van der Waals surface area contributed by atoms with Crippen molar-refractivity contribution in [3.63, 3.8) is 0 Å². The van der Waals surface area contributed by atoms with Crippen LogP contribution in [0.25, 0.3) is 0 Å². The summed E-state index contributed by atoms with van der Waals surface area (Å²) in [7, 11) is 0. The summed E-state index contributed by atoms with van der Waals surface area (Å²) in [6.45, 7) is 3.49. The minimum absolute atomic E-state index is 0.160. The monoisotopic (exact) mass is 335 g/mol. The highest BCUT2D eigenvalue weighted by Crippen LogP contribution is 2.38. The maximum Gasteiger partial charge on any atom is 0.417 e. The fourth-order valence-electron chi connectivity index (χ4n) is 1.76. The summed E-state index contributed by atoms with van der Waals surface area (Å²) >= 11 is 5.46. The van der Waals surface area contributed by atoms with Crippen LogP contribution in [-0.4, -0.2) is 0 Å². The second kappa shape index (κ2) is 6.12. The molecule has 2 aromatic carbocycles. The lowest BCUT2D eigenvalue weighted by Crippen LogP contribution is -2.06. The minimum atomic E-state index is -4.70. The van der Waals surface area contributed by atoms with E-state index in [4.69, 9.17) is 16.3 Å². The third-order valence-corrected chi connectivity index (χ3v) is 3.14. The first-order valence-electron chi connectivity index (χ1n) is 6.04. The van der Waals surface area contributed by atoms with Gasteiger partial charge in [-0.2, -0.15) is 13.2 Å². The Bertz CT molecular complexity index is 674. The first kappa shape index (κ1) is 16.5. The molecule has 0 aliphatic heterocycles. The fourth-order valence-corrected chi connectivity index (χ4v) is 1.98. The second-order valence-electron chi connectivity index (χ2n) is 4.38. The molecule has 1 radical (unpaired) electrons. The molecule has 0 saturated carbocycles. The van der Waals surface area contributed by atoms with Crippen LogP contribution in [0.2, 0.25) is 5.02 Å². The normalized spacial score (nSPS) is 11.6. The predicted molar refractivity (Wildman–Crippen MR) is 71.9 cm³/mol. The number of benzene rings is 2. The Labute approximate surface area is 128 Å². The summed E-state index contributed by atoms with van der Waals surface area (Å²) in [5.74, 6) is -3.21.